The summed E-state index contributed by atoms with van der Waals surface area (Å²) >= 11 is 5.73. The van der Waals surface area contributed by atoms with Crippen LogP contribution in [-0.2, 0) is 4.74 Å². The normalized spacial score (nSPS) is 11.9. The van der Waals surface area contributed by atoms with Crippen LogP contribution in [0.1, 0.15) is 31.2 Å². The van der Waals surface area contributed by atoms with Crippen LogP contribution in [0.3, 0.4) is 0 Å². The second kappa shape index (κ2) is 7.98. The molecule has 0 saturated heterocycles. The molecule has 3 nitrogen and oxygen atoms in total. The third kappa shape index (κ3) is 4.22. The second-order valence-electron chi connectivity index (χ2n) is 3.95. The van der Waals surface area contributed by atoms with Crippen molar-refractivity contribution >= 4 is 17.5 Å². The number of methoxy groups -OCH3 is 1. The van der Waals surface area contributed by atoms with E-state index in [4.69, 9.17) is 26.5 Å². The van der Waals surface area contributed by atoms with Crippen LogP contribution in [-0.4, -0.2) is 25.5 Å². The molecule has 0 fully saturated rings. The fraction of sp³-hybridized carbons (Fsp3) is 0.500. The first-order chi connectivity index (χ1) is 8.72. The Hall–Kier alpha value is -1.22. The lowest BCUT2D eigenvalue weighted by Crippen LogP contribution is -2.15. The molecule has 100 valence electrons. The Bertz CT molecular complexity index is 365. The minimum Gasteiger partial charge on any atom is -0.497 e. The van der Waals surface area contributed by atoms with Crippen molar-refractivity contribution in [2.24, 2.45) is 0 Å². The summed E-state index contributed by atoms with van der Waals surface area (Å²) in [6.45, 7) is 2.41. The molecule has 0 spiro atoms. The fourth-order valence-electron chi connectivity index (χ4n) is 1.82. The quantitative estimate of drug-likeness (QED) is 0.465. The van der Waals surface area contributed by atoms with Gasteiger partial charge in [0.05, 0.1) is 19.6 Å². The van der Waals surface area contributed by atoms with Gasteiger partial charge in [0.1, 0.15) is 5.75 Å². The molecular formula is C14H20ClNO2. The van der Waals surface area contributed by atoms with Gasteiger partial charge in [-0.05, 0) is 37.5 Å². The standard InChI is InChI=1S/C14H20ClNO2/c1-3-18-14(16)13(5-4-10-15)11-6-8-12(17-2)9-7-11/h6-9,13,16H,3-5,10H2,1-2H3. The van der Waals surface area contributed by atoms with Gasteiger partial charge in [0.2, 0.25) is 0 Å². The van der Waals surface area contributed by atoms with Crippen LogP contribution in [0.15, 0.2) is 24.3 Å². The SMILES string of the molecule is CCOC(=N)C(CCCCl)c1ccc(OC)cc1. The maximum atomic E-state index is 7.96. The van der Waals surface area contributed by atoms with Crippen molar-refractivity contribution in [3.05, 3.63) is 29.8 Å². The summed E-state index contributed by atoms with van der Waals surface area (Å²) in [4.78, 5) is 0. The van der Waals surface area contributed by atoms with E-state index in [1.165, 1.54) is 0 Å². The molecule has 4 heteroatoms. The number of nitrogens with one attached hydrogen (secondary N) is 1. The van der Waals surface area contributed by atoms with Gasteiger partial charge < -0.3 is 9.47 Å². The molecule has 1 rings (SSSR count). The van der Waals surface area contributed by atoms with Gasteiger partial charge in [-0.3, -0.25) is 5.41 Å². The Morgan fingerprint density at radius 1 is 1.33 bits per heavy atom. The summed E-state index contributed by atoms with van der Waals surface area (Å²) in [6.07, 6.45) is 1.70. The van der Waals surface area contributed by atoms with Crippen LogP contribution >= 0.6 is 11.6 Å². The Morgan fingerprint density at radius 3 is 2.50 bits per heavy atom. The van der Waals surface area contributed by atoms with Crippen LogP contribution in [0.4, 0.5) is 0 Å². The summed E-state index contributed by atoms with van der Waals surface area (Å²) in [5.74, 6) is 1.71. The molecule has 0 aliphatic rings. The topological polar surface area (TPSA) is 42.3 Å². The maximum absolute atomic E-state index is 7.96. The summed E-state index contributed by atoms with van der Waals surface area (Å²) in [6, 6.07) is 7.76. The fourth-order valence-corrected chi connectivity index (χ4v) is 1.98. The van der Waals surface area contributed by atoms with E-state index in [-0.39, 0.29) is 5.92 Å². The van der Waals surface area contributed by atoms with Crippen LogP contribution < -0.4 is 4.74 Å². The highest BCUT2D eigenvalue weighted by Gasteiger charge is 2.18. The van der Waals surface area contributed by atoms with E-state index in [2.05, 4.69) is 0 Å². The van der Waals surface area contributed by atoms with Crippen LogP contribution in [0.25, 0.3) is 0 Å². The van der Waals surface area contributed by atoms with Crippen molar-refractivity contribution in [2.75, 3.05) is 19.6 Å². The van der Waals surface area contributed by atoms with E-state index in [0.717, 1.165) is 24.2 Å². The highest BCUT2D eigenvalue weighted by Crippen LogP contribution is 2.25. The first-order valence-corrected chi connectivity index (χ1v) is 6.67. The van der Waals surface area contributed by atoms with E-state index in [1.54, 1.807) is 7.11 Å². The smallest absolute Gasteiger partial charge is 0.188 e. The minimum atomic E-state index is -0.0189. The third-order valence-electron chi connectivity index (χ3n) is 2.76. The van der Waals surface area contributed by atoms with Gasteiger partial charge in [-0.15, -0.1) is 11.6 Å². The molecule has 0 aliphatic carbocycles. The Kier molecular flexibility index (Phi) is 6.58. The highest BCUT2D eigenvalue weighted by atomic mass is 35.5. The lowest BCUT2D eigenvalue weighted by atomic mass is 9.94. The van der Waals surface area contributed by atoms with E-state index < -0.39 is 0 Å². The molecule has 0 aliphatic heterocycles. The van der Waals surface area contributed by atoms with Gasteiger partial charge >= 0.3 is 0 Å². The molecule has 0 heterocycles. The predicted molar refractivity (Wildman–Crippen MR) is 75.0 cm³/mol. The summed E-state index contributed by atoms with van der Waals surface area (Å²) in [7, 11) is 1.64. The van der Waals surface area contributed by atoms with Crippen molar-refractivity contribution in [2.45, 2.75) is 25.7 Å². The zero-order valence-corrected chi connectivity index (χ0v) is 11.7. The lowest BCUT2D eigenvalue weighted by molar-refractivity contribution is 0.305. The Morgan fingerprint density at radius 2 is 2.00 bits per heavy atom. The van der Waals surface area contributed by atoms with Gasteiger partial charge in [-0.2, -0.15) is 0 Å². The van der Waals surface area contributed by atoms with E-state index in [1.807, 2.05) is 31.2 Å². The molecule has 1 aromatic carbocycles. The summed E-state index contributed by atoms with van der Waals surface area (Å²) < 4.78 is 10.5. The second-order valence-corrected chi connectivity index (χ2v) is 4.33. The molecule has 1 atom stereocenters. The van der Waals surface area contributed by atoms with Crippen molar-refractivity contribution in [3.63, 3.8) is 0 Å². The summed E-state index contributed by atoms with van der Waals surface area (Å²) in [5, 5.41) is 7.96. The number of hydrogen-bond acceptors (Lipinski definition) is 3. The molecular weight excluding hydrogens is 250 g/mol. The molecule has 1 aromatic rings. The lowest BCUT2D eigenvalue weighted by Gasteiger charge is -2.18. The first-order valence-electron chi connectivity index (χ1n) is 6.14. The third-order valence-corrected chi connectivity index (χ3v) is 3.03. The monoisotopic (exact) mass is 269 g/mol. The van der Waals surface area contributed by atoms with Crippen LogP contribution in [0.5, 0.6) is 5.75 Å². The number of halogens is 1. The zero-order valence-electron chi connectivity index (χ0n) is 10.9. The minimum absolute atomic E-state index is 0.0189. The van der Waals surface area contributed by atoms with Crippen LogP contribution in [0.2, 0.25) is 0 Å². The van der Waals surface area contributed by atoms with E-state index >= 15 is 0 Å². The van der Waals surface area contributed by atoms with Gasteiger partial charge in [0, 0.05) is 5.88 Å². The average molecular weight is 270 g/mol. The molecule has 1 N–H and O–H groups in total. The molecule has 18 heavy (non-hydrogen) atoms. The molecule has 0 saturated carbocycles. The first kappa shape index (κ1) is 14.8. The number of rotatable bonds is 7. The maximum Gasteiger partial charge on any atom is 0.188 e. The molecule has 0 aromatic heterocycles. The highest BCUT2D eigenvalue weighted by molar-refractivity contribution is 6.17. The molecule has 0 amide bonds. The number of ether oxygens (including phenoxy) is 2. The number of hydrogen-bond donors (Lipinski definition) is 1. The van der Waals surface area contributed by atoms with Gasteiger partial charge in [0.25, 0.3) is 0 Å². The molecule has 1 unspecified atom stereocenters. The van der Waals surface area contributed by atoms with Gasteiger partial charge in [-0.1, -0.05) is 12.1 Å². The average Bonchev–Trinajstić information content (AvgIpc) is 2.40. The van der Waals surface area contributed by atoms with E-state index in [9.17, 15) is 0 Å². The Balaban J connectivity index is 2.82. The van der Waals surface area contributed by atoms with Gasteiger partial charge in [-0.25, -0.2) is 0 Å². The summed E-state index contributed by atoms with van der Waals surface area (Å²) in [5.41, 5.74) is 1.07. The van der Waals surface area contributed by atoms with Crippen molar-refractivity contribution in [1.82, 2.24) is 0 Å². The Labute approximate surface area is 114 Å². The number of alkyl halides is 1. The van der Waals surface area contributed by atoms with Crippen LogP contribution in [0, 0.1) is 5.41 Å². The van der Waals surface area contributed by atoms with E-state index in [0.29, 0.717) is 18.4 Å². The van der Waals surface area contributed by atoms with Gasteiger partial charge in [0.15, 0.2) is 5.90 Å². The zero-order chi connectivity index (χ0) is 13.4. The predicted octanol–water partition coefficient (Wildman–Crippen LogP) is 3.81. The molecule has 0 bridgehead atoms. The van der Waals surface area contributed by atoms with Crippen molar-refractivity contribution in [1.29, 1.82) is 5.41 Å². The molecule has 0 radical (unpaired) electrons. The number of benzene rings is 1. The van der Waals surface area contributed by atoms with Crippen molar-refractivity contribution in [3.8, 4) is 5.75 Å². The van der Waals surface area contributed by atoms with Crippen molar-refractivity contribution < 1.29 is 9.47 Å². The largest absolute Gasteiger partial charge is 0.497 e.